The summed E-state index contributed by atoms with van der Waals surface area (Å²) in [5, 5.41) is 0. The average molecular weight is 382 g/mol. The quantitative estimate of drug-likeness (QED) is 0.717. The molecule has 0 aromatic heterocycles. The third-order valence-corrected chi connectivity index (χ3v) is 4.46. The van der Waals surface area contributed by atoms with E-state index >= 15 is 0 Å². The van der Waals surface area contributed by atoms with Crippen LogP contribution in [-0.4, -0.2) is 27.5 Å². The SMILES string of the molecule is COc1cc(OC(C)C)cc(C(=O)NNS(=O)(=O)c2ccccc2F)c1. The number of sulfonamides is 1. The van der Waals surface area contributed by atoms with E-state index in [9.17, 15) is 17.6 Å². The van der Waals surface area contributed by atoms with Gasteiger partial charge in [-0.2, -0.15) is 0 Å². The van der Waals surface area contributed by atoms with Gasteiger partial charge in [-0.1, -0.05) is 12.1 Å². The Balaban J connectivity index is 2.18. The van der Waals surface area contributed by atoms with Gasteiger partial charge < -0.3 is 9.47 Å². The highest BCUT2D eigenvalue weighted by molar-refractivity contribution is 7.89. The molecule has 2 N–H and O–H groups in total. The highest BCUT2D eigenvalue weighted by Gasteiger charge is 2.20. The third-order valence-electron chi connectivity index (χ3n) is 3.17. The number of hydrazine groups is 1. The van der Waals surface area contributed by atoms with Crippen molar-refractivity contribution < 1.29 is 27.1 Å². The van der Waals surface area contributed by atoms with E-state index in [1.165, 1.54) is 31.4 Å². The van der Waals surface area contributed by atoms with Gasteiger partial charge in [-0.3, -0.25) is 10.2 Å². The molecule has 26 heavy (non-hydrogen) atoms. The van der Waals surface area contributed by atoms with Crippen molar-refractivity contribution >= 4 is 15.9 Å². The van der Waals surface area contributed by atoms with Crippen LogP contribution in [0.2, 0.25) is 0 Å². The first kappa shape index (κ1) is 19.7. The van der Waals surface area contributed by atoms with Crippen LogP contribution in [-0.2, 0) is 10.0 Å². The number of amides is 1. The molecule has 2 aromatic carbocycles. The van der Waals surface area contributed by atoms with Gasteiger partial charge in [0.05, 0.1) is 13.2 Å². The van der Waals surface area contributed by atoms with E-state index in [0.29, 0.717) is 11.5 Å². The molecular weight excluding hydrogens is 363 g/mol. The zero-order chi connectivity index (χ0) is 19.3. The van der Waals surface area contributed by atoms with Gasteiger partial charge in [-0.25, -0.2) is 12.8 Å². The Morgan fingerprint density at radius 3 is 2.38 bits per heavy atom. The molecule has 0 fully saturated rings. The lowest BCUT2D eigenvalue weighted by Crippen LogP contribution is -2.41. The molecule has 0 aliphatic carbocycles. The molecule has 0 atom stereocenters. The fraction of sp³-hybridized carbons (Fsp3) is 0.235. The number of halogens is 1. The molecule has 0 saturated heterocycles. The van der Waals surface area contributed by atoms with Gasteiger partial charge in [0.25, 0.3) is 15.9 Å². The number of ether oxygens (including phenoxy) is 2. The summed E-state index contributed by atoms with van der Waals surface area (Å²) >= 11 is 0. The van der Waals surface area contributed by atoms with Crippen molar-refractivity contribution in [1.82, 2.24) is 10.3 Å². The molecule has 0 aliphatic heterocycles. The van der Waals surface area contributed by atoms with Crippen molar-refractivity contribution in [3.63, 3.8) is 0 Å². The fourth-order valence-corrected chi connectivity index (χ4v) is 2.98. The predicted octanol–water partition coefficient (Wildman–Crippen LogP) is 2.24. The standard InChI is InChI=1S/C17H19FN2O5S/c1-11(2)25-14-9-12(8-13(10-14)24-3)17(21)19-20-26(22,23)16-7-5-4-6-15(16)18/h4-11,20H,1-3H3,(H,19,21). The van der Waals surface area contributed by atoms with Crippen LogP contribution in [0.4, 0.5) is 4.39 Å². The van der Waals surface area contributed by atoms with Crippen LogP contribution >= 0.6 is 0 Å². The fourth-order valence-electron chi connectivity index (χ4n) is 2.06. The summed E-state index contributed by atoms with van der Waals surface area (Å²) in [4.78, 5) is 13.6. The van der Waals surface area contributed by atoms with Crippen LogP contribution in [0.5, 0.6) is 11.5 Å². The molecule has 0 spiro atoms. The summed E-state index contributed by atoms with van der Waals surface area (Å²) < 4.78 is 48.5. The van der Waals surface area contributed by atoms with Crippen LogP contribution in [0.1, 0.15) is 24.2 Å². The zero-order valence-electron chi connectivity index (χ0n) is 14.4. The minimum Gasteiger partial charge on any atom is -0.497 e. The first-order valence-electron chi connectivity index (χ1n) is 7.65. The second-order valence-electron chi connectivity index (χ2n) is 5.55. The van der Waals surface area contributed by atoms with Crippen molar-refractivity contribution in [3.05, 3.63) is 53.8 Å². The highest BCUT2D eigenvalue weighted by Crippen LogP contribution is 2.23. The van der Waals surface area contributed by atoms with Crippen molar-refractivity contribution in [3.8, 4) is 11.5 Å². The van der Waals surface area contributed by atoms with E-state index in [-0.39, 0.29) is 11.7 Å². The minimum atomic E-state index is -4.26. The van der Waals surface area contributed by atoms with Crippen LogP contribution in [0.3, 0.4) is 0 Å². The number of hydrogen-bond acceptors (Lipinski definition) is 5. The molecule has 0 bridgehead atoms. The molecule has 140 valence electrons. The second-order valence-corrected chi connectivity index (χ2v) is 7.20. The van der Waals surface area contributed by atoms with E-state index in [2.05, 4.69) is 0 Å². The molecule has 9 heteroatoms. The molecule has 0 heterocycles. The Kier molecular flexibility index (Phi) is 6.17. The summed E-state index contributed by atoms with van der Waals surface area (Å²) in [5.74, 6) is -0.924. The maximum Gasteiger partial charge on any atom is 0.266 e. The van der Waals surface area contributed by atoms with Crippen molar-refractivity contribution in [1.29, 1.82) is 0 Å². The number of hydrogen-bond donors (Lipinski definition) is 2. The first-order valence-corrected chi connectivity index (χ1v) is 9.13. The van der Waals surface area contributed by atoms with Crippen molar-refractivity contribution in [2.75, 3.05) is 7.11 Å². The van der Waals surface area contributed by atoms with Crippen LogP contribution in [0.15, 0.2) is 47.4 Å². The smallest absolute Gasteiger partial charge is 0.266 e. The van der Waals surface area contributed by atoms with Crippen LogP contribution in [0.25, 0.3) is 0 Å². The monoisotopic (exact) mass is 382 g/mol. The Hall–Kier alpha value is -2.65. The number of rotatable bonds is 7. The normalized spacial score (nSPS) is 11.3. The van der Waals surface area contributed by atoms with Crippen LogP contribution in [0, 0.1) is 5.82 Å². The molecule has 1 amide bonds. The number of methoxy groups -OCH3 is 1. The maximum absolute atomic E-state index is 13.6. The number of carbonyl (C=O) groups excluding carboxylic acids is 1. The predicted molar refractivity (Wildman–Crippen MR) is 92.9 cm³/mol. The average Bonchev–Trinajstić information content (AvgIpc) is 2.59. The van der Waals surface area contributed by atoms with Gasteiger partial charge in [0.2, 0.25) is 0 Å². The molecule has 0 aliphatic rings. The number of carbonyl (C=O) groups is 1. The molecular formula is C17H19FN2O5S. The second kappa shape index (κ2) is 8.15. The molecule has 0 radical (unpaired) electrons. The lowest BCUT2D eigenvalue weighted by Gasteiger charge is -2.13. The number of nitrogens with one attached hydrogen (secondary N) is 2. The maximum atomic E-state index is 13.6. The summed E-state index contributed by atoms with van der Waals surface area (Å²) in [6.45, 7) is 3.64. The minimum absolute atomic E-state index is 0.108. The third kappa shape index (κ3) is 4.93. The van der Waals surface area contributed by atoms with Gasteiger partial charge in [0.15, 0.2) is 0 Å². The van der Waals surface area contributed by atoms with Crippen molar-refractivity contribution in [2.45, 2.75) is 24.8 Å². The zero-order valence-corrected chi connectivity index (χ0v) is 15.3. The van der Waals surface area contributed by atoms with E-state index < -0.39 is 26.6 Å². The Labute approximate surface area is 151 Å². The Morgan fingerprint density at radius 1 is 1.12 bits per heavy atom. The van der Waals surface area contributed by atoms with Gasteiger partial charge in [0, 0.05) is 11.6 Å². The molecule has 0 saturated carbocycles. The summed E-state index contributed by atoms with van der Waals surface area (Å²) in [7, 11) is -2.83. The van der Waals surface area contributed by atoms with Crippen molar-refractivity contribution in [2.24, 2.45) is 0 Å². The number of benzene rings is 2. The Bertz CT molecular complexity index is 900. The summed E-state index contributed by atoms with van der Waals surface area (Å²) in [6.07, 6.45) is -0.127. The van der Waals surface area contributed by atoms with E-state index in [0.717, 1.165) is 12.1 Å². The molecule has 2 rings (SSSR count). The molecule has 0 unspecified atom stereocenters. The summed E-state index contributed by atoms with van der Waals surface area (Å²) in [6, 6.07) is 9.28. The Morgan fingerprint density at radius 2 is 1.77 bits per heavy atom. The highest BCUT2D eigenvalue weighted by atomic mass is 32.2. The summed E-state index contributed by atoms with van der Waals surface area (Å²) in [5.41, 5.74) is 2.15. The van der Waals surface area contributed by atoms with E-state index in [1.807, 2.05) is 24.1 Å². The lowest BCUT2D eigenvalue weighted by atomic mass is 10.2. The first-order chi connectivity index (χ1) is 12.2. The van der Waals surface area contributed by atoms with Gasteiger partial charge in [-0.05, 0) is 38.1 Å². The van der Waals surface area contributed by atoms with E-state index in [4.69, 9.17) is 9.47 Å². The topological polar surface area (TPSA) is 93.7 Å². The largest absolute Gasteiger partial charge is 0.497 e. The van der Waals surface area contributed by atoms with Gasteiger partial charge >= 0.3 is 0 Å². The van der Waals surface area contributed by atoms with Gasteiger partial charge in [0.1, 0.15) is 22.2 Å². The van der Waals surface area contributed by atoms with E-state index in [1.54, 1.807) is 6.07 Å². The van der Waals surface area contributed by atoms with Gasteiger partial charge in [-0.15, -0.1) is 4.83 Å². The molecule has 7 nitrogen and oxygen atoms in total. The lowest BCUT2D eigenvalue weighted by molar-refractivity contribution is 0.0944. The van der Waals surface area contributed by atoms with Crippen LogP contribution < -0.4 is 19.7 Å². The molecule has 2 aromatic rings.